The Bertz CT molecular complexity index is 839. The summed E-state index contributed by atoms with van der Waals surface area (Å²) in [6.07, 6.45) is -4.75. The second-order valence-corrected chi connectivity index (χ2v) is 6.43. The largest absolute Gasteiger partial charge is 0.573 e. The van der Waals surface area contributed by atoms with Gasteiger partial charge in [0.2, 0.25) is 5.91 Å². The molecular weight excluding hydrogens is 389 g/mol. The van der Waals surface area contributed by atoms with E-state index in [0.29, 0.717) is 23.7 Å². The number of rotatable bonds is 8. The topological polar surface area (TPSA) is 60.0 Å². The van der Waals surface area contributed by atoms with E-state index in [9.17, 15) is 18.0 Å². The van der Waals surface area contributed by atoms with E-state index < -0.39 is 6.36 Å². The predicted molar refractivity (Wildman–Crippen MR) is 102 cm³/mol. The molecular formula is C20H23F3N2O4. The quantitative estimate of drug-likeness (QED) is 0.711. The van der Waals surface area contributed by atoms with Crippen LogP contribution in [0.2, 0.25) is 0 Å². The van der Waals surface area contributed by atoms with E-state index >= 15 is 0 Å². The van der Waals surface area contributed by atoms with Crippen LogP contribution in [0.25, 0.3) is 0 Å². The number of hydrogen-bond acceptors (Lipinski definition) is 5. The molecule has 29 heavy (non-hydrogen) atoms. The number of carbonyl (C=O) groups is 1. The van der Waals surface area contributed by atoms with Crippen LogP contribution < -0.4 is 19.5 Å². The van der Waals surface area contributed by atoms with Crippen molar-refractivity contribution in [2.75, 3.05) is 33.1 Å². The molecule has 6 nitrogen and oxygen atoms in total. The molecule has 0 saturated heterocycles. The summed E-state index contributed by atoms with van der Waals surface area (Å²) in [5.74, 6) is 0.589. The van der Waals surface area contributed by atoms with Gasteiger partial charge in [-0.1, -0.05) is 0 Å². The maximum absolute atomic E-state index is 12.2. The maximum Gasteiger partial charge on any atom is 0.573 e. The standard InChI is InChI=1S/C20H23F3N2O4/c1-13-9-17(27-3)18(28-4)10-14(13)11-25(2)12-19(26)24-15-5-7-16(8-6-15)29-20(21,22)23/h5-10H,11-12H2,1-4H3,(H,24,26). The highest BCUT2D eigenvalue weighted by atomic mass is 19.4. The summed E-state index contributed by atoms with van der Waals surface area (Å²) >= 11 is 0. The first-order valence-corrected chi connectivity index (χ1v) is 8.67. The molecule has 158 valence electrons. The van der Waals surface area contributed by atoms with Crippen LogP contribution >= 0.6 is 0 Å². The monoisotopic (exact) mass is 412 g/mol. The van der Waals surface area contributed by atoms with Gasteiger partial charge in [0.05, 0.1) is 20.8 Å². The van der Waals surface area contributed by atoms with Crippen molar-refractivity contribution in [3.63, 3.8) is 0 Å². The van der Waals surface area contributed by atoms with Crippen LogP contribution in [-0.2, 0) is 11.3 Å². The van der Waals surface area contributed by atoms with Crippen molar-refractivity contribution < 1.29 is 32.2 Å². The zero-order valence-corrected chi connectivity index (χ0v) is 16.6. The van der Waals surface area contributed by atoms with Gasteiger partial charge in [-0.2, -0.15) is 0 Å². The third-order valence-electron chi connectivity index (χ3n) is 4.07. The number of ether oxygens (including phenoxy) is 3. The van der Waals surface area contributed by atoms with Crippen LogP contribution in [0, 0.1) is 6.92 Å². The number of anilines is 1. The molecule has 0 spiro atoms. The Morgan fingerprint density at radius 3 is 2.21 bits per heavy atom. The van der Waals surface area contributed by atoms with Crippen LogP contribution in [0.5, 0.6) is 17.2 Å². The lowest BCUT2D eigenvalue weighted by atomic mass is 10.1. The van der Waals surface area contributed by atoms with Crippen molar-refractivity contribution in [1.29, 1.82) is 0 Å². The van der Waals surface area contributed by atoms with Crippen molar-refractivity contribution >= 4 is 11.6 Å². The maximum atomic E-state index is 12.2. The van der Waals surface area contributed by atoms with Gasteiger partial charge in [-0.05, 0) is 61.5 Å². The Morgan fingerprint density at radius 2 is 1.66 bits per heavy atom. The summed E-state index contributed by atoms with van der Waals surface area (Å²) in [4.78, 5) is 14.0. The molecule has 2 aromatic rings. The van der Waals surface area contributed by atoms with Crippen molar-refractivity contribution in [3.05, 3.63) is 47.5 Å². The second kappa shape index (κ2) is 9.51. The van der Waals surface area contributed by atoms with E-state index in [1.807, 2.05) is 24.0 Å². The number of likely N-dealkylation sites (N-methyl/N-ethyl adjacent to an activating group) is 1. The zero-order valence-electron chi connectivity index (χ0n) is 16.6. The van der Waals surface area contributed by atoms with Gasteiger partial charge in [0.25, 0.3) is 0 Å². The van der Waals surface area contributed by atoms with Crippen LogP contribution in [0.1, 0.15) is 11.1 Å². The Hall–Kier alpha value is -2.94. The number of hydrogen-bond donors (Lipinski definition) is 1. The van der Waals surface area contributed by atoms with Gasteiger partial charge >= 0.3 is 6.36 Å². The lowest BCUT2D eigenvalue weighted by Crippen LogP contribution is -2.30. The molecule has 0 radical (unpaired) electrons. The summed E-state index contributed by atoms with van der Waals surface area (Å²) in [6.45, 7) is 2.53. The smallest absolute Gasteiger partial charge is 0.493 e. The summed E-state index contributed by atoms with van der Waals surface area (Å²) in [7, 11) is 4.91. The first kappa shape index (κ1) is 22.4. The Labute approximate surface area is 167 Å². The molecule has 0 aliphatic carbocycles. The molecule has 0 saturated carbocycles. The summed E-state index contributed by atoms with van der Waals surface area (Å²) in [5.41, 5.74) is 2.35. The minimum atomic E-state index is -4.75. The number of nitrogens with zero attached hydrogens (tertiary/aromatic N) is 1. The van der Waals surface area contributed by atoms with Gasteiger partial charge in [-0.15, -0.1) is 13.2 Å². The zero-order chi connectivity index (χ0) is 21.6. The van der Waals surface area contributed by atoms with E-state index in [1.165, 1.54) is 12.1 Å². The molecule has 0 aliphatic rings. The number of methoxy groups -OCH3 is 2. The third kappa shape index (κ3) is 6.86. The van der Waals surface area contributed by atoms with E-state index in [2.05, 4.69) is 10.1 Å². The molecule has 0 bridgehead atoms. The molecule has 2 aromatic carbocycles. The van der Waals surface area contributed by atoms with Crippen molar-refractivity contribution in [3.8, 4) is 17.2 Å². The number of halogens is 3. The first-order valence-electron chi connectivity index (χ1n) is 8.67. The van der Waals surface area contributed by atoms with Crippen LogP contribution in [0.4, 0.5) is 18.9 Å². The minimum Gasteiger partial charge on any atom is -0.493 e. The molecule has 0 atom stereocenters. The second-order valence-electron chi connectivity index (χ2n) is 6.43. The molecule has 1 amide bonds. The average molecular weight is 412 g/mol. The minimum absolute atomic E-state index is 0.0919. The average Bonchev–Trinajstić information content (AvgIpc) is 2.63. The number of nitrogens with one attached hydrogen (secondary N) is 1. The number of aryl methyl sites for hydroxylation is 1. The molecule has 1 N–H and O–H groups in total. The highest BCUT2D eigenvalue weighted by Gasteiger charge is 2.30. The fourth-order valence-electron chi connectivity index (χ4n) is 2.73. The summed E-state index contributed by atoms with van der Waals surface area (Å²) in [5, 5.41) is 2.64. The van der Waals surface area contributed by atoms with Crippen molar-refractivity contribution in [2.45, 2.75) is 19.8 Å². The Morgan fingerprint density at radius 1 is 1.07 bits per heavy atom. The van der Waals surface area contributed by atoms with Gasteiger partial charge in [0, 0.05) is 12.2 Å². The molecule has 0 heterocycles. The molecule has 2 rings (SSSR count). The lowest BCUT2D eigenvalue weighted by molar-refractivity contribution is -0.274. The summed E-state index contributed by atoms with van der Waals surface area (Å²) < 4.78 is 50.9. The molecule has 0 aliphatic heterocycles. The molecule has 9 heteroatoms. The molecule has 0 aromatic heterocycles. The van der Waals surface area contributed by atoms with Gasteiger partial charge in [0.15, 0.2) is 11.5 Å². The van der Waals surface area contributed by atoms with Gasteiger partial charge < -0.3 is 19.5 Å². The van der Waals surface area contributed by atoms with E-state index in [-0.39, 0.29) is 18.2 Å². The van der Waals surface area contributed by atoms with E-state index in [0.717, 1.165) is 23.3 Å². The predicted octanol–water partition coefficient (Wildman–Crippen LogP) is 3.98. The van der Waals surface area contributed by atoms with Crippen LogP contribution in [0.15, 0.2) is 36.4 Å². The number of alkyl halides is 3. The number of carbonyl (C=O) groups excluding carboxylic acids is 1. The fraction of sp³-hybridized carbons (Fsp3) is 0.350. The number of benzene rings is 2. The van der Waals surface area contributed by atoms with Crippen molar-refractivity contribution in [2.24, 2.45) is 0 Å². The van der Waals surface area contributed by atoms with Gasteiger partial charge in [-0.3, -0.25) is 9.69 Å². The van der Waals surface area contributed by atoms with E-state index in [4.69, 9.17) is 9.47 Å². The Balaban J connectivity index is 1.94. The molecule has 0 unspecified atom stereocenters. The Kier molecular flexibility index (Phi) is 7.33. The lowest BCUT2D eigenvalue weighted by Gasteiger charge is -2.19. The normalized spacial score (nSPS) is 11.3. The third-order valence-corrected chi connectivity index (χ3v) is 4.07. The van der Waals surface area contributed by atoms with Gasteiger partial charge in [-0.25, -0.2) is 0 Å². The molecule has 0 fully saturated rings. The van der Waals surface area contributed by atoms with Crippen molar-refractivity contribution in [1.82, 2.24) is 4.90 Å². The highest BCUT2D eigenvalue weighted by molar-refractivity contribution is 5.92. The number of amides is 1. The fourth-order valence-corrected chi connectivity index (χ4v) is 2.73. The van der Waals surface area contributed by atoms with Crippen LogP contribution in [-0.4, -0.2) is 45.0 Å². The van der Waals surface area contributed by atoms with Gasteiger partial charge in [0.1, 0.15) is 5.75 Å². The highest BCUT2D eigenvalue weighted by Crippen LogP contribution is 2.30. The summed E-state index contributed by atoms with van der Waals surface area (Å²) in [6, 6.07) is 8.70. The van der Waals surface area contributed by atoms with Crippen LogP contribution in [0.3, 0.4) is 0 Å². The van der Waals surface area contributed by atoms with E-state index in [1.54, 1.807) is 21.3 Å². The SMILES string of the molecule is COc1cc(C)c(CN(C)CC(=O)Nc2ccc(OC(F)(F)F)cc2)cc1OC. The first-order chi connectivity index (χ1) is 13.6.